The lowest BCUT2D eigenvalue weighted by atomic mass is 10.1. The molecule has 2 aromatic rings. The van der Waals surface area contributed by atoms with E-state index < -0.39 is 11.9 Å². The number of carbonyl (C=O) groups is 2. The number of hydrogen-bond donors (Lipinski definition) is 2. The van der Waals surface area contributed by atoms with Crippen molar-refractivity contribution in [2.75, 3.05) is 0 Å². The third-order valence-corrected chi connectivity index (χ3v) is 4.33. The molecule has 5 nitrogen and oxygen atoms in total. The maximum absolute atomic E-state index is 12.4. The maximum atomic E-state index is 12.4. The average molecular weight is 408 g/mol. The van der Waals surface area contributed by atoms with E-state index in [0.29, 0.717) is 5.56 Å². The average Bonchev–Trinajstić information content (AvgIpc) is 2.80. The van der Waals surface area contributed by atoms with Gasteiger partial charge in [0.2, 0.25) is 0 Å². The predicted molar refractivity (Wildman–Crippen MR) is 94.3 cm³/mol. The Balaban J connectivity index is 1.81. The number of amides is 3. The molecule has 0 bridgehead atoms. The van der Waals surface area contributed by atoms with Crippen LogP contribution < -0.4 is 5.32 Å². The van der Waals surface area contributed by atoms with Gasteiger partial charge < -0.3 is 10.4 Å². The number of hydrogen-bond acceptors (Lipinski definition) is 3. The van der Waals surface area contributed by atoms with E-state index in [4.69, 9.17) is 11.6 Å². The second kappa shape index (κ2) is 6.67. The lowest BCUT2D eigenvalue weighted by Crippen LogP contribution is -2.30. The summed E-state index contributed by atoms with van der Waals surface area (Å²) in [6.07, 6.45) is 1.52. The lowest BCUT2D eigenvalue weighted by Gasteiger charge is -2.11. The number of halogens is 2. The fourth-order valence-electron chi connectivity index (χ4n) is 2.27. The standard InChI is InChI=1S/C17H12BrClN2O3/c18-12-4-1-10(2-5-12)9-21-16(23)14(20-17(21)24)8-11-3-6-15(22)13(19)7-11/h1-8,22H,9H2,(H,20,24)/b14-8+. The Morgan fingerprint density at radius 1 is 1.17 bits per heavy atom. The van der Waals surface area contributed by atoms with E-state index in [1.165, 1.54) is 18.2 Å². The second-order valence-corrected chi connectivity index (χ2v) is 6.54. The number of carbonyl (C=O) groups excluding carboxylic acids is 2. The third kappa shape index (κ3) is 3.44. The quantitative estimate of drug-likeness (QED) is 0.599. The number of rotatable bonds is 3. The van der Waals surface area contributed by atoms with Crippen molar-refractivity contribution in [3.8, 4) is 5.75 Å². The Bertz CT molecular complexity index is 849. The summed E-state index contributed by atoms with van der Waals surface area (Å²) in [5, 5.41) is 12.1. The first-order chi connectivity index (χ1) is 11.4. The summed E-state index contributed by atoms with van der Waals surface area (Å²) in [6, 6.07) is 11.4. The molecule has 1 heterocycles. The van der Waals surface area contributed by atoms with Crippen LogP contribution in [0.15, 0.2) is 52.6 Å². The van der Waals surface area contributed by atoms with E-state index in [1.807, 2.05) is 24.3 Å². The van der Waals surface area contributed by atoms with Gasteiger partial charge in [0, 0.05) is 4.47 Å². The van der Waals surface area contributed by atoms with E-state index in [0.717, 1.165) is 14.9 Å². The van der Waals surface area contributed by atoms with Gasteiger partial charge in [-0.15, -0.1) is 0 Å². The van der Waals surface area contributed by atoms with E-state index in [9.17, 15) is 14.7 Å². The van der Waals surface area contributed by atoms with Crippen LogP contribution in [-0.4, -0.2) is 21.9 Å². The number of phenols is 1. The molecule has 3 amide bonds. The molecule has 0 saturated carbocycles. The van der Waals surface area contributed by atoms with Crippen LogP contribution in [0.5, 0.6) is 5.75 Å². The zero-order valence-electron chi connectivity index (χ0n) is 12.3. The summed E-state index contributed by atoms with van der Waals surface area (Å²) in [4.78, 5) is 25.6. The van der Waals surface area contributed by atoms with Crippen molar-refractivity contribution in [1.82, 2.24) is 10.2 Å². The molecule has 1 aliphatic rings. The summed E-state index contributed by atoms with van der Waals surface area (Å²) in [6.45, 7) is 0.186. The van der Waals surface area contributed by atoms with E-state index in [-0.39, 0.29) is 23.0 Å². The van der Waals surface area contributed by atoms with Gasteiger partial charge in [-0.25, -0.2) is 4.79 Å². The number of phenolic OH excluding ortho intramolecular Hbond substituents is 1. The van der Waals surface area contributed by atoms with Crippen LogP contribution in [0.1, 0.15) is 11.1 Å². The zero-order valence-corrected chi connectivity index (χ0v) is 14.6. The smallest absolute Gasteiger partial charge is 0.329 e. The largest absolute Gasteiger partial charge is 0.506 e. The van der Waals surface area contributed by atoms with E-state index in [2.05, 4.69) is 21.2 Å². The number of benzene rings is 2. The topological polar surface area (TPSA) is 69.6 Å². The van der Waals surface area contributed by atoms with Gasteiger partial charge >= 0.3 is 6.03 Å². The minimum atomic E-state index is -0.473. The van der Waals surface area contributed by atoms with Gasteiger partial charge in [0.1, 0.15) is 11.4 Å². The minimum absolute atomic E-state index is 0.0440. The molecular weight excluding hydrogens is 396 g/mol. The molecule has 0 aromatic heterocycles. The summed E-state index contributed by atoms with van der Waals surface area (Å²) in [7, 11) is 0. The van der Waals surface area contributed by atoms with Crippen LogP contribution in [0.3, 0.4) is 0 Å². The second-order valence-electron chi connectivity index (χ2n) is 5.22. The number of nitrogens with one attached hydrogen (secondary N) is 1. The Labute approximate surface area is 151 Å². The van der Waals surface area contributed by atoms with Crippen molar-refractivity contribution >= 4 is 45.5 Å². The summed E-state index contributed by atoms with van der Waals surface area (Å²) < 4.78 is 0.924. The van der Waals surface area contributed by atoms with Gasteiger partial charge in [-0.3, -0.25) is 9.69 Å². The maximum Gasteiger partial charge on any atom is 0.329 e. The molecule has 0 unspecified atom stereocenters. The fraction of sp³-hybridized carbons (Fsp3) is 0.0588. The first-order valence-corrected chi connectivity index (χ1v) is 8.18. The molecule has 3 rings (SSSR count). The highest BCUT2D eigenvalue weighted by molar-refractivity contribution is 9.10. The van der Waals surface area contributed by atoms with Crippen LogP contribution in [0.2, 0.25) is 5.02 Å². The van der Waals surface area contributed by atoms with Crippen LogP contribution in [0.4, 0.5) is 4.79 Å². The van der Waals surface area contributed by atoms with Crippen molar-refractivity contribution in [3.63, 3.8) is 0 Å². The van der Waals surface area contributed by atoms with Crippen molar-refractivity contribution in [2.24, 2.45) is 0 Å². The number of imide groups is 1. The molecule has 2 N–H and O–H groups in total. The Morgan fingerprint density at radius 2 is 1.88 bits per heavy atom. The summed E-state index contributed by atoms with van der Waals surface area (Å²) >= 11 is 9.19. The monoisotopic (exact) mass is 406 g/mol. The van der Waals surface area contributed by atoms with Crippen LogP contribution in [0.25, 0.3) is 6.08 Å². The van der Waals surface area contributed by atoms with E-state index >= 15 is 0 Å². The van der Waals surface area contributed by atoms with Gasteiger partial charge in [-0.05, 0) is 41.5 Å². The molecule has 0 atom stereocenters. The van der Waals surface area contributed by atoms with Crippen LogP contribution >= 0.6 is 27.5 Å². The molecule has 7 heteroatoms. The molecule has 2 aromatic carbocycles. The van der Waals surface area contributed by atoms with E-state index in [1.54, 1.807) is 6.07 Å². The number of aromatic hydroxyl groups is 1. The van der Waals surface area contributed by atoms with Crippen molar-refractivity contribution in [3.05, 3.63) is 68.8 Å². The highest BCUT2D eigenvalue weighted by Gasteiger charge is 2.33. The van der Waals surface area contributed by atoms with Crippen LogP contribution in [0, 0.1) is 0 Å². The first-order valence-electron chi connectivity index (χ1n) is 7.01. The van der Waals surface area contributed by atoms with Gasteiger partial charge in [0.25, 0.3) is 5.91 Å². The molecular formula is C17H12BrClN2O3. The fourth-order valence-corrected chi connectivity index (χ4v) is 2.72. The van der Waals surface area contributed by atoms with Crippen LogP contribution in [-0.2, 0) is 11.3 Å². The van der Waals surface area contributed by atoms with Crippen molar-refractivity contribution in [1.29, 1.82) is 0 Å². The molecule has 122 valence electrons. The van der Waals surface area contributed by atoms with Crippen molar-refractivity contribution < 1.29 is 14.7 Å². The molecule has 0 aliphatic carbocycles. The van der Waals surface area contributed by atoms with Crippen molar-refractivity contribution in [2.45, 2.75) is 6.54 Å². The Hall–Kier alpha value is -2.31. The highest BCUT2D eigenvalue weighted by atomic mass is 79.9. The number of urea groups is 1. The molecule has 1 saturated heterocycles. The predicted octanol–water partition coefficient (Wildman–Crippen LogP) is 3.90. The summed E-state index contributed by atoms with van der Waals surface area (Å²) in [5.74, 6) is -0.454. The van der Waals surface area contributed by atoms with Gasteiger partial charge in [0.15, 0.2) is 0 Å². The van der Waals surface area contributed by atoms with Gasteiger partial charge in [-0.1, -0.05) is 45.7 Å². The number of nitrogens with zero attached hydrogens (tertiary/aromatic N) is 1. The third-order valence-electron chi connectivity index (χ3n) is 3.50. The highest BCUT2D eigenvalue weighted by Crippen LogP contribution is 2.25. The molecule has 1 fully saturated rings. The Morgan fingerprint density at radius 3 is 2.54 bits per heavy atom. The molecule has 0 spiro atoms. The Kier molecular flexibility index (Phi) is 4.59. The minimum Gasteiger partial charge on any atom is -0.506 e. The normalized spacial score (nSPS) is 15.9. The first kappa shape index (κ1) is 16.5. The lowest BCUT2D eigenvalue weighted by molar-refractivity contribution is -0.123. The molecule has 0 radical (unpaired) electrons. The molecule has 1 aliphatic heterocycles. The molecule has 24 heavy (non-hydrogen) atoms. The zero-order chi connectivity index (χ0) is 17.3. The SMILES string of the molecule is O=C1N/C(=C/c2ccc(O)c(Cl)c2)C(=O)N1Cc1ccc(Br)cc1. The summed E-state index contributed by atoms with van der Waals surface area (Å²) in [5.41, 5.74) is 1.61. The van der Waals surface area contributed by atoms with Gasteiger partial charge in [-0.2, -0.15) is 0 Å². The van der Waals surface area contributed by atoms with Gasteiger partial charge in [0.05, 0.1) is 11.6 Å².